The van der Waals surface area contributed by atoms with Crippen LogP contribution in [-0.4, -0.2) is 39.7 Å². The molecule has 1 amide bonds. The lowest BCUT2D eigenvalue weighted by molar-refractivity contribution is -0.125. The van der Waals surface area contributed by atoms with Crippen LogP contribution < -0.4 is 16.2 Å². The van der Waals surface area contributed by atoms with Crippen molar-refractivity contribution in [1.29, 1.82) is 0 Å². The van der Waals surface area contributed by atoms with Gasteiger partial charge in [-0.1, -0.05) is 0 Å². The predicted octanol–water partition coefficient (Wildman–Crippen LogP) is -1.04. The molecule has 0 aromatic carbocycles. The first-order valence-corrected chi connectivity index (χ1v) is 5.81. The van der Waals surface area contributed by atoms with Gasteiger partial charge in [0.2, 0.25) is 5.91 Å². The minimum absolute atomic E-state index is 0.0373. The molecule has 2 heterocycles. The molecule has 1 saturated heterocycles. The molecule has 1 aliphatic rings. The van der Waals surface area contributed by atoms with E-state index >= 15 is 0 Å². The lowest BCUT2D eigenvalue weighted by Crippen LogP contribution is -2.40. The number of rotatable bonds is 4. The van der Waals surface area contributed by atoms with Crippen molar-refractivity contribution in [2.45, 2.75) is 32.4 Å². The molecule has 0 radical (unpaired) electrons. The lowest BCUT2D eigenvalue weighted by atomic mass is 9.96. The summed E-state index contributed by atoms with van der Waals surface area (Å²) < 4.78 is 0. The highest BCUT2D eigenvalue weighted by Gasteiger charge is 2.35. The van der Waals surface area contributed by atoms with E-state index in [9.17, 15) is 4.79 Å². The van der Waals surface area contributed by atoms with Crippen LogP contribution in [0, 0.1) is 5.92 Å². The van der Waals surface area contributed by atoms with E-state index in [0.717, 1.165) is 5.82 Å². The Morgan fingerprint density at radius 1 is 1.41 bits per heavy atom. The molecule has 2 atom stereocenters. The summed E-state index contributed by atoms with van der Waals surface area (Å²) in [6.07, 6.45) is 2.13. The van der Waals surface area contributed by atoms with Crippen LogP contribution >= 0.6 is 0 Å². The third-order valence-electron chi connectivity index (χ3n) is 3.04. The van der Waals surface area contributed by atoms with Crippen LogP contribution in [-0.2, 0) is 11.2 Å². The first-order chi connectivity index (χ1) is 8.18. The number of aromatic amines is 1. The van der Waals surface area contributed by atoms with Crippen LogP contribution in [0.25, 0.3) is 0 Å². The van der Waals surface area contributed by atoms with Crippen LogP contribution in [0.4, 0.5) is 0 Å². The van der Waals surface area contributed by atoms with E-state index in [-0.39, 0.29) is 23.9 Å². The summed E-state index contributed by atoms with van der Waals surface area (Å²) in [4.78, 5) is 16.0. The zero-order chi connectivity index (χ0) is 12.3. The SMILES string of the molecule is CC1NNC(C)C1C(=O)NCCc1ncn[nH]1. The van der Waals surface area contributed by atoms with Gasteiger partial charge >= 0.3 is 0 Å². The highest BCUT2D eigenvalue weighted by molar-refractivity contribution is 5.80. The molecule has 0 bridgehead atoms. The molecule has 1 aromatic heterocycles. The van der Waals surface area contributed by atoms with Gasteiger partial charge in [0.05, 0.1) is 5.92 Å². The van der Waals surface area contributed by atoms with Gasteiger partial charge in [-0.15, -0.1) is 0 Å². The second kappa shape index (κ2) is 5.24. The highest BCUT2D eigenvalue weighted by atomic mass is 16.2. The molecule has 7 nitrogen and oxygen atoms in total. The van der Waals surface area contributed by atoms with Gasteiger partial charge in [0.15, 0.2) is 0 Å². The van der Waals surface area contributed by atoms with Gasteiger partial charge in [0, 0.05) is 25.0 Å². The summed E-state index contributed by atoms with van der Waals surface area (Å²) in [5.41, 5.74) is 6.13. The van der Waals surface area contributed by atoms with Gasteiger partial charge in [-0.25, -0.2) is 4.98 Å². The van der Waals surface area contributed by atoms with Gasteiger partial charge < -0.3 is 5.32 Å². The number of hydrogen-bond donors (Lipinski definition) is 4. The number of carbonyl (C=O) groups is 1. The standard InChI is InChI=1S/C10H18N6O/c1-6-9(7(2)15-14-6)10(17)11-4-3-8-12-5-13-16-8/h5-7,9,14-15H,3-4H2,1-2H3,(H,11,17)(H,12,13,16). The van der Waals surface area contributed by atoms with Gasteiger partial charge in [-0.3, -0.25) is 20.7 Å². The van der Waals surface area contributed by atoms with Crippen LogP contribution in [0.15, 0.2) is 6.33 Å². The van der Waals surface area contributed by atoms with Crippen molar-refractivity contribution in [1.82, 2.24) is 31.3 Å². The average Bonchev–Trinajstić information content (AvgIpc) is 2.89. The van der Waals surface area contributed by atoms with Crippen LogP contribution in [0.3, 0.4) is 0 Å². The zero-order valence-electron chi connectivity index (χ0n) is 10.0. The quantitative estimate of drug-likeness (QED) is 0.538. The topological polar surface area (TPSA) is 94.7 Å². The van der Waals surface area contributed by atoms with Crippen molar-refractivity contribution in [3.63, 3.8) is 0 Å². The Morgan fingerprint density at radius 2 is 2.12 bits per heavy atom. The Kier molecular flexibility index (Phi) is 3.70. The van der Waals surface area contributed by atoms with Gasteiger partial charge in [0.1, 0.15) is 12.2 Å². The van der Waals surface area contributed by atoms with Crippen molar-refractivity contribution in [2.75, 3.05) is 6.54 Å². The minimum Gasteiger partial charge on any atom is -0.355 e. The second-order valence-corrected chi connectivity index (χ2v) is 4.37. The molecule has 17 heavy (non-hydrogen) atoms. The third-order valence-corrected chi connectivity index (χ3v) is 3.04. The Balaban J connectivity index is 1.77. The maximum Gasteiger partial charge on any atom is 0.226 e. The molecule has 0 saturated carbocycles. The van der Waals surface area contributed by atoms with Crippen molar-refractivity contribution in [3.05, 3.63) is 12.2 Å². The Morgan fingerprint density at radius 3 is 2.71 bits per heavy atom. The van der Waals surface area contributed by atoms with Gasteiger partial charge in [0.25, 0.3) is 0 Å². The first kappa shape index (κ1) is 12.0. The Hall–Kier alpha value is -1.47. The number of amides is 1. The molecule has 0 spiro atoms. The predicted molar refractivity (Wildman–Crippen MR) is 61.8 cm³/mol. The molecule has 2 rings (SSSR count). The van der Waals surface area contributed by atoms with E-state index in [1.54, 1.807) is 0 Å². The number of aromatic nitrogens is 3. The minimum atomic E-state index is -0.0373. The van der Waals surface area contributed by atoms with E-state index in [1.807, 2.05) is 13.8 Å². The van der Waals surface area contributed by atoms with Crippen LogP contribution in [0.2, 0.25) is 0 Å². The molecule has 2 unspecified atom stereocenters. The fourth-order valence-corrected chi connectivity index (χ4v) is 2.10. The maximum atomic E-state index is 12.0. The summed E-state index contributed by atoms with van der Waals surface area (Å²) in [6, 6.07) is 0.297. The van der Waals surface area contributed by atoms with E-state index in [4.69, 9.17) is 0 Å². The van der Waals surface area contributed by atoms with Crippen molar-refractivity contribution < 1.29 is 4.79 Å². The second-order valence-electron chi connectivity index (χ2n) is 4.37. The molecule has 4 N–H and O–H groups in total. The van der Waals surface area contributed by atoms with Gasteiger partial charge in [-0.2, -0.15) is 5.10 Å². The number of H-pyrrole nitrogens is 1. The Labute approximate surface area is 99.7 Å². The van der Waals surface area contributed by atoms with Crippen molar-refractivity contribution >= 4 is 5.91 Å². The van der Waals surface area contributed by atoms with Crippen molar-refractivity contribution in [2.24, 2.45) is 5.92 Å². The summed E-state index contributed by atoms with van der Waals surface area (Å²) in [5, 5.41) is 9.43. The number of carbonyl (C=O) groups excluding carboxylic acids is 1. The summed E-state index contributed by atoms with van der Waals surface area (Å²) in [7, 11) is 0. The maximum absolute atomic E-state index is 12.0. The number of hydrogen-bond acceptors (Lipinski definition) is 5. The van der Waals surface area contributed by atoms with E-state index in [1.165, 1.54) is 6.33 Å². The Bertz CT molecular complexity index is 355. The number of hydrazine groups is 1. The molecule has 94 valence electrons. The van der Waals surface area contributed by atoms with Crippen LogP contribution in [0.5, 0.6) is 0 Å². The van der Waals surface area contributed by atoms with Gasteiger partial charge in [-0.05, 0) is 13.8 Å². The largest absolute Gasteiger partial charge is 0.355 e. The van der Waals surface area contributed by atoms with E-state index < -0.39 is 0 Å². The lowest BCUT2D eigenvalue weighted by Gasteiger charge is -2.16. The third kappa shape index (κ3) is 2.80. The van der Waals surface area contributed by atoms with E-state index in [0.29, 0.717) is 13.0 Å². The van der Waals surface area contributed by atoms with Crippen LogP contribution in [0.1, 0.15) is 19.7 Å². The highest BCUT2D eigenvalue weighted by Crippen LogP contribution is 2.14. The molecule has 7 heteroatoms. The zero-order valence-corrected chi connectivity index (χ0v) is 10.0. The van der Waals surface area contributed by atoms with E-state index in [2.05, 4.69) is 31.3 Å². The fourth-order valence-electron chi connectivity index (χ4n) is 2.10. The summed E-state index contributed by atoms with van der Waals surface area (Å²) in [6.45, 7) is 4.57. The summed E-state index contributed by atoms with van der Waals surface area (Å²) >= 11 is 0. The normalized spacial score (nSPS) is 28.2. The molecular weight excluding hydrogens is 220 g/mol. The molecule has 1 aliphatic heterocycles. The smallest absolute Gasteiger partial charge is 0.226 e. The average molecular weight is 238 g/mol. The number of nitrogens with one attached hydrogen (secondary N) is 4. The summed E-state index contributed by atoms with van der Waals surface area (Å²) in [5.74, 6) is 0.820. The molecular formula is C10H18N6O. The monoisotopic (exact) mass is 238 g/mol. The number of nitrogens with zero attached hydrogens (tertiary/aromatic N) is 2. The molecule has 1 aromatic rings. The molecule has 0 aliphatic carbocycles. The fraction of sp³-hybridized carbons (Fsp3) is 0.700. The molecule has 1 fully saturated rings. The first-order valence-electron chi connectivity index (χ1n) is 5.81. The van der Waals surface area contributed by atoms with Crippen molar-refractivity contribution in [3.8, 4) is 0 Å².